The highest BCUT2D eigenvalue weighted by molar-refractivity contribution is 7.91. The molecule has 4 saturated heterocycles. The number of fused-ring (bicyclic) bond motifs is 4. The number of hydrogen-bond acceptors (Lipinski definition) is 30. The normalized spacial score (nSPS) is 27.9. The molecule has 5 aromatic rings. The lowest BCUT2D eigenvalue weighted by atomic mass is 9.78. The fourth-order valence-electron chi connectivity index (χ4n) is 19.5. The van der Waals surface area contributed by atoms with Crippen LogP contribution in [0.5, 0.6) is 5.75 Å². The number of hydrogen-bond donors (Lipinski definition) is 4. The molecule has 5 fully saturated rings. The summed E-state index contributed by atoms with van der Waals surface area (Å²) in [6.07, 6.45) is 19.4. The summed E-state index contributed by atoms with van der Waals surface area (Å²) in [5, 5.41) is 26.6. The van der Waals surface area contributed by atoms with Crippen LogP contribution < -0.4 is 25.6 Å². The minimum absolute atomic E-state index is 0.00174. The van der Waals surface area contributed by atoms with Gasteiger partial charge in [-0.25, -0.2) is 42.5 Å². The van der Waals surface area contributed by atoms with Crippen LogP contribution in [0.2, 0.25) is 0 Å². The monoisotopic (exact) mass is 1920 g/mol. The number of Topliss-reactive ketones (excluding diaryl/α,β-unsaturated/α-hetero) is 2. The van der Waals surface area contributed by atoms with Gasteiger partial charge in [0.05, 0.1) is 61.9 Å². The number of pyridine rings is 1. The Morgan fingerprint density at radius 2 is 1.42 bits per heavy atom. The first-order chi connectivity index (χ1) is 65.7. The fraction of sp³-hybridized carbons (Fsp3) is 0.594. The second-order valence-corrected chi connectivity index (χ2v) is 39.8. The second kappa shape index (κ2) is 49.4. The number of piperazine rings is 2. The largest absolute Gasteiger partial charge is 0.491 e. The van der Waals surface area contributed by atoms with E-state index in [0.717, 1.165) is 33.9 Å². The van der Waals surface area contributed by atoms with Crippen molar-refractivity contribution in [2.75, 3.05) is 148 Å². The van der Waals surface area contributed by atoms with E-state index in [1.165, 1.54) is 42.3 Å². The van der Waals surface area contributed by atoms with Gasteiger partial charge in [-0.1, -0.05) is 77.1 Å². The molecular formula is C101H138FN13O21S. The number of halogens is 1. The lowest BCUT2D eigenvalue weighted by Gasteiger charge is -2.43. The van der Waals surface area contributed by atoms with Gasteiger partial charge in [0.25, 0.3) is 23.5 Å². The predicted octanol–water partition coefficient (Wildman–Crippen LogP) is 9.60. The molecular weight excluding hydrogens is 1780 g/mol. The van der Waals surface area contributed by atoms with E-state index < -0.39 is 140 Å². The maximum atomic E-state index is 16.0. The lowest BCUT2D eigenvalue weighted by molar-refractivity contribution is -0.265. The highest BCUT2D eigenvalue weighted by atomic mass is 32.2. The minimum atomic E-state index is -4.26. The molecule has 1 saturated carbocycles. The predicted molar refractivity (Wildman–Crippen MR) is 510 cm³/mol. The van der Waals surface area contributed by atoms with Crippen molar-refractivity contribution in [2.45, 2.75) is 224 Å². The van der Waals surface area contributed by atoms with Gasteiger partial charge in [-0.15, -0.1) is 0 Å². The van der Waals surface area contributed by atoms with Crippen molar-refractivity contribution in [1.29, 1.82) is 0 Å². The van der Waals surface area contributed by atoms with E-state index >= 15 is 9.18 Å². The number of allylic oxidation sites excluding steroid dienone is 5. The maximum absolute atomic E-state index is 16.0. The van der Waals surface area contributed by atoms with E-state index in [2.05, 4.69) is 35.1 Å². The average molecular weight is 1920 g/mol. The quantitative estimate of drug-likeness (QED) is 0.0173. The number of anilines is 3. The van der Waals surface area contributed by atoms with E-state index in [4.69, 9.17) is 48.4 Å². The van der Waals surface area contributed by atoms with Crippen molar-refractivity contribution >= 4 is 74.7 Å². The number of nitrogens with zero attached hydrogens (tertiary/aromatic N) is 11. The number of piperidine rings is 1. The molecule has 34 nitrogen and oxygen atoms in total. The third-order valence-electron chi connectivity index (χ3n) is 28.0. The Bertz CT molecular complexity index is 5210. The first kappa shape index (κ1) is 105. The van der Waals surface area contributed by atoms with Gasteiger partial charge in [-0.3, -0.25) is 38.5 Å². The number of carbonyl (C=O) groups is 8. The zero-order valence-corrected chi connectivity index (χ0v) is 81.9. The Hall–Kier alpha value is -10.4. The van der Waals surface area contributed by atoms with Crippen LogP contribution in [0.4, 0.5) is 22.1 Å². The van der Waals surface area contributed by atoms with E-state index in [1.807, 2.05) is 110 Å². The topological polar surface area (TPSA) is 416 Å². The van der Waals surface area contributed by atoms with Gasteiger partial charge < -0.3 is 88.4 Å². The first-order valence-corrected chi connectivity index (χ1v) is 49.8. The summed E-state index contributed by atoms with van der Waals surface area (Å²) in [5.74, 6) is -8.71. The molecule has 137 heavy (non-hydrogen) atoms. The average Bonchev–Trinajstić information content (AvgIpc) is 1.12. The minimum Gasteiger partial charge on any atom is -0.491 e. The van der Waals surface area contributed by atoms with Crippen molar-refractivity contribution in [1.82, 2.24) is 49.8 Å². The molecule has 36 heteroatoms. The molecule has 3 aromatic heterocycles. The Morgan fingerprint density at radius 3 is 2.11 bits per heavy atom. The van der Waals surface area contributed by atoms with Crippen LogP contribution in [0.1, 0.15) is 176 Å². The van der Waals surface area contributed by atoms with Crippen LogP contribution in [-0.4, -0.2) is 303 Å². The van der Waals surface area contributed by atoms with Crippen molar-refractivity contribution in [2.24, 2.45) is 35.5 Å². The number of aliphatic hydroxyl groups is 2. The number of amides is 4. The van der Waals surface area contributed by atoms with E-state index in [1.54, 1.807) is 59.8 Å². The van der Waals surface area contributed by atoms with Gasteiger partial charge in [0.2, 0.25) is 23.6 Å². The Kier molecular flexibility index (Phi) is 38.1. The SMILES string of the molecule is COC1C[C@@H]([C@H](C)C[C@@H]2CC[C@@H](OC(=O)CCc3cnc(N4CCN(C(=O)CCOCCN5CCN(c6ncc(C(=O)NCCS(=O)(=O)c7ccc(C(=O)N8CCOc9ccc(-c%10ccc(N)nc%10)cc9C8)c(C)c7F)cn6)CC5)CC4)nc3)[C@H](OC)C2)OC(=O)[C@@H]2CCCCN2C(=O)C(=O)[C@]2(O)O[C@@H](CC[C@H]2C)C[C@H](OC)/C(C)=C/C=C/C=C/[C@@H](C)C[C@@H](C)C(=O)[C@H](OC)[C@H](O)/C(C)=C/[C@H]1C. The van der Waals surface area contributed by atoms with Crippen molar-refractivity contribution in [3.8, 4) is 16.9 Å². The van der Waals surface area contributed by atoms with Crippen LogP contribution in [0, 0.1) is 48.2 Å². The number of methoxy groups -OCH3 is 4. The maximum Gasteiger partial charge on any atom is 0.329 e. The number of sulfone groups is 1. The number of carbonyl (C=O) groups excluding carboxylic acids is 8. The summed E-state index contributed by atoms with van der Waals surface area (Å²) >= 11 is 0. The Labute approximate surface area is 803 Å². The molecule has 4 amide bonds. The van der Waals surface area contributed by atoms with Crippen molar-refractivity contribution < 1.29 is 104 Å². The Balaban J connectivity index is 0.554. The third kappa shape index (κ3) is 27.6. The van der Waals surface area contributed by atoms with Gasteiger partial charge in [0.1, 0.15) is 59.3 Å². The van der Waals surface area contributed by atoms with Gasteiger partial charge in [0.15, 0.2) is 15.6 Å². The molecule has 5 N–H and O–H groups in total. The van der Waals surface area contributed by atoms with E-state index in [9.17, 15) is 52.2 Å². The number of nitrogen functional groups attached to an aromatic ring is 1. The summed E-state index contributed by atoms with van der Waals surface area (Å²) in [5.41, 5.74) is 10.3. The number of benzene rings is 2. The zero-order valence-electron chi connectivity index (χ0n) is 81.1. The number of cyclic esters (lactones) is 1. The highest BCUT2D eigenvalue weighted by Gasteiger charge is 2.54. The smallest absolute Gasteiger partial charge is 0.329 e. The fourth-order valence-corrected chi connectivity index (χ4v) is 20.8. The molecule has 1 unspecified atom stereocenters. The summed E-state index contributed by atoms with van der Waals surface area (Å²) in [4.78, 5) is 145. The molecule has 2 aromatic carbocycles. The number of aryl methyl sites for hydroxylation is 1. The number of ether oxygens (including phenoxy) is 9. The standard InChI is InChI=1S/C101H138FN13O21S/c1-63-18-14-13-15-19-64(2)82(128-9)55-77-26-21-69(7)101(125,136-77)94(120)97(123)115-35-17-16-20-79(115)98(124)135-84(56-83(129-10)65(3)51-68(6)92(119)93(131-12)91(118)67(5)50-63)66(4)52-71-22-28-81(85(53-71)130-11)134-89(117)32-23-72-57-106-99(107-58-72)113-42-40-111(41-43-113)88(116)33-46-132-47-44-110-36-38-112(39-37-110)100-108-60-76(61-109-100)95(121)104-34-49-137(126,127)86-30-27-78(70(8)90(86)102)96(122)114-45-48-133-80-29-24-73(54-75(80)62-114)74-25-31-87(103)105-59-74/h13-15,18-19,24-25,27,29-31,51,54,57-61,63,65-67,69,71,77,79,81-85,92-93,119,125H,16-17,20-23,26,28,32-50,52-53,55-56,62H2,1-12H3,(H2,103,105)(H,104,121)/b15-13+,18-14+,64-19+,68-51+/t63-,65-,66-,67-,69-,71+,77+,79+,81-,82+,83?,84+,85-,92-,93+,101-/m1/s1. The third-order valence-corrected chi connectivity index (χ3v) is 29.7. The molecule has 6 aliphatic heterocycles. The number of nitrogens with one attached hydrogen (secondary N) is 1. The van der Waals surface area contributed by atoms with E-state index in [-0.39, 0.29) is 111 Å². The summed E-state index contributed by atoms with van der Waals surface area (Å²) in [6.45, 7) is 20.7. The molecule has 12 rings (SSSR count). The molecule has 1 aliphatic carbocycles. The van der Waals surface area contributed by atoms with Gasteiger partial charge in [-0.2, -0.15) is 0 Å². The number of nitrogens with two attached hydrogens (primary N) is 1. The second-order valence-electron chi connectivity index (χ2n) is 37.7. The van der Waals surface area contributed by atoms with E-state index in [0.29, 0.717) is 165 Å². The van der Waals surface area contributed by atoms with Gasteiger partial charge in [0, 0.05) is 192 Å². The van der Waals surface area contributed by atoms with Crippen molar-refractivity contribution in [3.63, 3.8) is 0 Å². The van der Waals surface area contributed by atoms with Gasteiger partial charge >= 0.3 is 11.9 Å². The van der Waals surface area contributed by atoms with Crippen LogP contribution in [-0.2, 0) is 89.5 Å². The van der Waals surface area contributed by atoms with Crippen LogP contribution in [0.3, 0.4) is 0 Å². The molecule has 7 aliphatic rings. The van der Waals surface area contributed by atoms with Crippen LogP contribution >= 0.6 is 0 Å². The number of rotatable bonds is 26. The first-order valence-electron chi connectivity index (χ1n) is 48.1. The number of esters is 2. The number of aromatic nitrogens is 5. The van der Waals surface area contributed by atoms with Crippen LogP contribution in [0.15, 0.2) is 126 Å². The Morgan fingerprint density at radius 1 is 0.708 bits per heavy atom. The summed E-state index contributed by atoms with van der Waals surface area (Å²) in [7, 11) is 1.88. The van der Waals surface area contributed by atoms with Crippen molar-refractivity contribution in [3.05, 3.63) is 155 Å². The summed E-state index contributed by atoms with van der Waals surface area (Å²) < 4.78 is 97.9. The number of aliphatic hydroxyl groups excluding tert-OH is 1. The molecule has 0 spiro atoms. The lowest BCUT2D eigenvalue weighted by Crippen LogP contribution is -2.61. The molecule has 9 heterocycles. The van der Waals surface area contributed by atoms with Gasteiger partial charge in [-0.05, 0) is 173 Å². The van der Waals surface area contributed by atoms with Crippen LogP contribution in [0.25, 0.3) is 11.1 Å². The molecule has 2 bridgehead atoms. The zero-order chi connectivity index (χ0) is 98.4. The molecule has 16 atom stereocenters. The molecule has 0 radical (unpaired) electrons. The highest BCUT2D eigenvalue weighted by Crippen LogP contribution is 2.41. The molecule has 746 valence electrons. The summed E-state index contributed by atoms with van der Waals surface area (Å²) in [6, 6.07) is 10.4. The number of ketones is 2.